The number of rotatable bonds is 4. The average Bonchev–Trinajstić information content (AvgIpc) is 3.00. The Morgan fingerprint density at radius 3 is 2.83 bits per heavy atom. The predicted molar refractivity (Wildman–Crippen MR) is 93.2 cm³/mol. The molecule has 6 heteroatoms. The van der Waals surface area contributed by atoms with Crippen molar-refractivity contribution in [1.82, 2.24) is 10.4 Å². The van der Waals surface area contributed by atoms with Crippen molar-refractivity contribution in [3.63, 3.8) is 0 Å². The molecule has 0 atom stereocenters. The van der Waals surface area contributed by atoms with Crippen LogP contribution in [0.2, 0.25) is 0 Å². The first-order chi connectivity index (χ1) is 11.1. The van der Waals surface area contributed by atoms with Gasteiger partial charge in [-0.25, -0.2) is 4.98 Å². The van der Waals surface area contributed by atoms with Crippen LogP contribution in [0.3, 0.4) is 0 Å². The van der Waals surface area contributed by atoms with Crippen LogP contribution in [-0.2, 0) is 0 Å². The Kier molecular flexibility index (Phi) is 4.16. The lowest BCUT2D eigenvalue weighted by Gasteiger charge is -2.06. The normalized spacial score (nSPS) is 10.6. The summed E-state index contributed by atoms with van der Waals surface area (Å²) in [6.45, 7) is 4.11. The van der Waals surface area contributed by atoms with E-state index in [2.05, 4.69) is 35.7 Å². The molecular formula is C17H17N3O2S. The highest BCUT2D eigenvalue weighted by atomic mass is 32.1. The van der Waals surface area contributed by atoms with E-state index in [0.29, 0.717) is 16.4 Å². The van der Waals surface area contributed by atoms with Crippen LogP contribution in [0.1, 0.15) is 21.5 Å². The molecule has 5 nitrogen and oxygen atoms in total. The third-order valence-electron chi connectivity index (χ3n) is 3.70. The molecule has 1 amide bonds. The molecule has 0 aliphatic heterocycles. The number of aromatic nitrogens is 1. The van der Waals surface area contributed by atoms with Crippen molar-refractivity contribution >= 4 is 32.6 Å². The van der Waals surface area contributed by atoms with Gasteiger partial charge < -0.3 is 4.74 Å². The van der Waals surface area contributed by atoms with E-state index in [-0.39, 0.29) is 5.91 Å². The number of hydrogen-bond donors (Lipinski definition) is 2. The second-order valence-electron chi connectivity index (χ2n) is 5.18. The summed E-state index contributed by atoms with van der Waals surface area (Å²) in [5.74, 6) is 0.403. The van der Waals surface area contributed by atoms with Crippen molar-refractivity contribution in [2.45, 2.75) is 13.8 Å². The maximum absolute atomic E-state index is 12.2. The number of methoxy groups -OCH3 is 1. The number of hydrazine groups is 1. The zero-order chi connectivity index (χ0) is 16.4. The highest BCUT2D eigenvalue weighted by Crippen LogP contribution is 2.29. The average molecular weight is 327 g/mol. The molecule has 1 heterocycles. The topological polar surface area (TPSA) is 63.2 Å². The third-order valence-corrected chi connectivity index (χ3v) is 4.64. The van der Waals surface area contributed by atoms with Crippen molar-refractivity contribution in [3.8, 4) is 5.75 Å². The van der Waals surface area contributed by atoms with E-state index in [1.807, 2.05) is 6.07 Å². The Hall–Kier alpha value is -2.60. The summed E-state index contributed by atoms with van der Waals surface area (Å²) in [7, 11) is 1.57. The van der Waals surface area contributed by atoms with Gasteiger partial charge in [-0.15, -0.1) is 0 Å². The molecule has 118 valence electrons. The first-order valence-electron chi connectivity index (χ1n) is 7.15. The van der Waals surface area contributed by atoms with Crippen LogP contribution in [0.4, 0.5) is 5.13 Å². The number of carbonyl (C=O) groups excluding carboxylic acids is 1. The van der Waals surface area contributed by atoms with Gasteiger partial charge in [0.25, 0.3) is 5.91 Å². The van der Waals surface area contributed by atoms with Gasteiger partial charge >= 0.3 is 0 Å². The number of nitrogens with one attached hydrogen (secondary N) is 2. The summed E-state index contributed by atoms with van der Waals surface area (Å²) in [4.78, 5) is 16.7. The van der Waals surface area contributed by atoms with E-state index in [4.69, 9.17) is 4.74 Å². The number of hydrogen-bond acceptors (Lipinski definition) is 5. The molecule has 0 bridgehead atoms. The second kappa shape index (κ2) is 6.26. The molecule has 0 unspecified atom stereocenters. The number of carbonyl (C=O) groups is 1. The Bertz CT molecular complexity index is 873. The lowest BCUT2D eigenvalue weighted by atomic mass is 10.1. The number of amides is 1. The van der Waals surface area contributed by atoms with Crippen LogP contribution in [-0.4, -0.2) is 18.0 Å². The smallest absolute Gasteiger partial charge is 0.269 e. The maximum Gasteiger partial charge on any atom is 0.269 e. The number of anilines is 1. The molecule has 0 spiro atoms. The number of nitrogens with zero attached hydrogens (tertiary/aromatic N) is 1. The minimum Gasteiger partial charge on any atom is -0.497 e. The van der Waals surface area contributed by atoms with Gasteiger partial charge in [0.15, 0.2) is 0 Å². The lowest BCUT2D eigenvalue weighted by Crippen LogP contribution is -2.29. The van der Waals surface area contributed by atoms with Gasteiger partial charge in [0, 0.05) is 5.56 Å². The lowest BCUT2D eigenvalue weighted by molar-refractivity contribution is 0.0962. The van der Waals surface area contributed by atoms with Crippen LogP contribution in [0.15, 0.2) is 36.4 Å². The molecule has 2 N–H and O–H groups in total. The van der Waals surface area contributed by atoms with Crippen molar-refractivity contribution in [2.75, 3.05) is 12.5 Å². The fourth-order valence-electron chi connectivity index (χ4n) is 2.23. The monoisotopic (exact) mass is 327 g/mol. The van der Waals surface area contributed by atoms with Crippen molar-refractivity contribution in [3.05, 3.63) is 53.1 Å². The Labute approximate surface area is 138 Å². The van der Waals surface area contributed by atoms with Gasteiger partial charge in [-0.1, -0.05) is 23.5 Å². The molecular weight excluding hydrogens is 310 g/mol. The molecule has 2 aromatic carbocycles. The molecule has 0 saturated carbocycles. The molecule has 3 rings (SSSR count). The van der Waals surface area contributed by atoms with Gasteiger partial charge in [-0.05, 0) is 49.2 Å². The molecule has 0 aliphatic carbocycles. The number of aryl methyl sites for hydroxylation is 2. The fourth-order valence-corrected chi connectivity index (χ4v) is 3.10. The van der Waals surface area contributed by atoms with Crippen LogP contribution < -0.4 is 15.6 Å². The van der Waals surface area contributed by atoms with Crippen LogP contribution >= 0.6 is 11.3 Å². The van der Waals surface area contributed by atoms with Crippen molar-refractivity contribution in [2.24, 2.45) is 0 Å². The Morgan fingerprint density at radius 2 is 2.04 bits per heavy atom. The first-order valence-corrected chi connectivity index (χ1v) is 7.97. The Morgan fingerprint density at radius 1 is 1.22 bits per heavy atom. The van der Waals surface area contributed by atoms with E-state index < -0.39 is 0 Å². The van der Waals surface area contributed by atoms with E-state index in [0.717, 1.165) is 15.8 Å². The molecule has 3 aromatic rings. The van der Waals surface area contributed by atoms with E-state index >= 15 is 0 Å². The zero-order valence-corrected chi connectivity index (χ0v) is 14.0. The fraction of sp³-hybridized carbons (Fsp3) is 0.176. The number of ether oxygens (including phenoxy) is 1. The van der Waals surface area contributed by atoms with Crippen molar-refractivity contribution in [1.29, 1.82) is 0 Å². The minimum absolute atomic E-state index is 0.240. The van der Waals surface area contributed by atoms with Gasteiger partial charge in [0.1, 0.15) is 5.75 Å². The SMILES string of the molecule is COc1cccc(C(=O)NNc2nc3c(C)c(C)ccc3s2)c1. The molecule has 0 aliphatic rings. The maximum atomic E-state index is 12.2. The molecule has 0 saturated heterocycles. The van der Waals surface area contributed by atoms with Gasteiger partial charge in [-0.3, -0.25) is 15.6 Å². The summed E-state index contributed by atoms with van der Waals surface area (Å²) in [6.07, 6.45) is 0. The van der Waals surface area contributed by atoms with Crippen molar-refractivity contribution < 1.29 is 9.53 Å². The largest absolute Gasteiger partial charge is 0.497 e. The standard InChI is InChI=1S/C17H17N3O2S/c1-10-7-8-14-15(11(10)2)18-17(23-14)20-19-16(21)12-5-4-6-13(9-12)22-3/h4-9H,1-3H3,(H,18,20)(H,19,21). The summed E-state index contributed by atoms with van der Waals surface area (Å²) < 4.78 is 6.21. The Balaban J connectivity index is 1.75. The minimum atomic E-state index is -0.240. The zero-order valence-electron chi connectivity index (χ0n) is 13.1. The van der Waals surface area contributed by atoms with E-state index in [1.54, 1.807) is 31.4 Å². The van der Waals surface area contributed by atoms with Gasteiger partial charge in [0.2, 0.25) is 5.13 Å². The number of thiazole rings is 1. The highest BCUT2D eigenvalue weighted by Gasteiger charge is 2.10. The number of fused-ring (bicyclic) bond motifs is 1. The number of benzene rings is 2. The van der Waals surface area contributed by atoms with Crippen LogP contribution in [0, 0.1) is 13.8 Å². The van der Waals surface area contributed by atoms with Crippen LogP contribution in [0.5, 0.6) is 5.75 Å². The van der Waals surface area contributed by atoms with Gasteiger partial charge in [-0.2, -0.15) is 0 Å². The first kappa shape index (κ1) is 15.3. The van der Waals surface area contributed by atoms with E-state index in [1.165, 1.54) is 16.9 Å². The summed E-state index contributed by atoms with van der Waals surface area (Å²) in [5.41, 5.74) is 9.39. The second-order valence-corrected chi connectivity index (χ2v) is 6.21. The summed E-state index contributed by atoms with van der Waals surface area (Å²) in [5, 5.41) is 0.657. The quantitative estimate of drug-likeness (QED) is 0.718. The van der Waals surface area contributed by atoms with E-state index in [9.17, 15) is 4.79 Å². The molecule has 23 heavy (non-hydrogen) atoms. The molecule has 0 fully saturated rings. The van der Waals surface area contributed by atoms with Crippen LogP contribution in [0.25, 0.3) is 10.2 Å². The molecule has 0 radical (unpaired) electrons. The third kappa shape index (κ3) is 3.12. The molecule has 1 aromatic heterocycles. The highest BCUT2D eigenvalue weighted by molar-refractivity contribution is 7.22. The summed E-state index contributed by atoms with van der Waals surface area (Å²) >= 11 is 1.50. The van der Waals surface area contributed by atoms with Gasteiger partial charge in [0.05, 0.1) is 17.3 Å². The predicted octanol–water partition coefficient (Wildman–Crippen LogP) is 3.68. The summed E-state index contributed by atoms with van der Waals surface area (Å²) in [6, 6.07) is 11.1.